The van der Waals surface area contributed by atoms with E-state index in [1.165, 1.54) is 0 Å². The zero-order chi connectivity index (χ0) is 9.94. The van der Waals surface area contributed by atoms with Gasteiger partial charge in [-0.25, -0.2) is 0 Å². The molecule has 72 valence electrons. The fourth-order valence-electron chi connectivity index (χ4n) is 0.696. The lowest BCUT2D eigenvalue weighted by atomic mass is 9.87. The first-order valence-electron chi connectivity index (χ1n) is 4.24. The van der Waals surface area contributed by atoms with Gasteiger partial charge in [0.2, 0.25) is 0 Å². The van der Waals surface area contributed by atoms with E-state index in [2.05, 4.69) is 26.1 Å². The number of nitrogens with one attached hydrogen (secondary N) is 1. The lowest BCUT2D eigenvalue weighted by molar-refractivity contribution is -0.139. The molecule has 0 spiro atoms. The Morgan fingerprint density at radius 2 is 1.75 bits per heavy atom. The van der Waals surface area contributed by atoms with Gasteiger partial charge in [0.05, 0.1) is 0 Å². The van der Waals surface area contributed by atoms with Crippen molar-refractivity contribution in [3.8, 4) is 0 Å². The molecule has 0 aliphatic heterocycles. The summed E-state index contributed by atoms with van der Waals surface area (Å²) >= 11 is 0. The summed E-state index contributed by atoms with van der Waals surface area (Å²) in [5, 5.41) is 11.7. The summed E-state index contributed by atoms with van der Waals surface area (Å²) in [6.45, 7) is 9.90. The first-order chi connectivity index (χ1) is 5.25. The van der Waals surface area contributed by atoms with Crippen molar-refractivity contribution in [2.45, 2.75) is 46.7 Å². The molecule has 0 aliphatic carbocycles. The standard InChI is InChI=1S/C9H19NO2/c1-6(8(11)12)10-7(2)9(3,4)5/h6-7,10H,1-5H3,(H,11,12)/t6-,7+/m0/s1. The van der Waals surface area contributed by atoms with Gasteiger partial charge in [0, 0.05) is 6.04 Å². The van der Waals surface area contributed by atoms with Crippen molar-refractivity contribution in [3.63, 3.8) is 0 Å². The van der Waals surface area contributed by atoms with Crippen molar-refractivity contribution in [1.29, 1.82) is 0 Å². The monoisotopic (exact) mass is 173 g/mol. The maximum Gasteiger partial charge on any atom is 0.320 e. The molecule has 0 saturated heterocycles. The number of carbonyl (C=O) groups is 1. The molecule has 0 aromatic carbocycles. The minimum absolute atomic E-state index is 0.101. The highest BCUT2D eigenvalue weighted by Gasteiger charge is 2.23. The third-order valence-electron chi connectivity index (χ3n) is 2.17. The molecule has 3 heteroatoms. The van der Waals surface area contributed by atoms with Gasteiger partial charge >= 0.3 is 5.97 Å². The summed E-state index contributed by atoms with van der Waals surface area (Å²) in [7, 11) is 0. The predicted octanol–water partition coefficient (Wildman–Crippen LogP) is 1.48. The van der Waals surface area contributed by atoms with Crippen LogP contribution in [0.3, 0.4) is 0 Å². The molecule has 3 nitrogen and oxygen atoms in total. The van der Waals surface area contributed by atoms with Crippen LogP contribution in [0.15, 0.2) is 0 Å². The van der Waals surface area contributed by atoms with Gasteiger partial charge in [0.15, 0.2) is 0 Å². The van der Waals surface area contributed by atoms with Crippen molar-refractivity contribution in [3.05, 3.63) is 0 Å². The van der Waals surface area contributed by atoms with Gasteiger partial charge in [0.1, 0.15) is 6.04 Å². The van der Waals surface area contributed by atoms with E-state index < -0.39 is 12.0 Å². The lowest BCUT2D eigenvalue weighted by Gasteiger charge is -2.29. The minimum atomic E-state index is -0.800. The second-order valence-electron chi connectivity index (χ2n) is 4.31. The van der Waals surface area contributed by atoms with E-state index in [-0.39, 0.29) is 11.5 Å². The summed E-state index contributed by atoms with van der Waals surface area (Å²) in [6, 6.07) is -0.275. The highest BCUT2D eigenvalue weighted by Crippen LogP contribution is 2.18. The smallest absolute Gasteiger partial charge is 0.320 e. The summed E-state index contributed by atoms with van der Waals surface area (Å²) < 4.78 is 0. The van der Waals surface area contributed by atoms with E-state index in [9.17, 15) is 4.79 Å². The van der Waals surface area contributed by atoms with E-state index in [0.717, 1.165) is 0 Å². The molecule has 0 radical (unpaired) electrons. The molecular weight excluding hydrogens is 154 g/mol. The first-order valence-corrected chi connectivity index (χ1v) is 4.24. The first kappa shape index (κ1) is 11.4. The van der Waals surface area contributed by atoms with Crippen molar-refractivity contribution >= 4 is 5.97 Å². The summed E-state index contributed by atoms with van der Waals surface area (Å²) in [5.74, 6) is -0.800. The molecule has 0 heterocycles. The van der Waals surface area contributed by atoms with Gasteiger partial charge in [-0.1, -0.05) is 20.8 Å². The Bertz CT molecular complexity index is 160. The summed E-state index contributed by atoms with van der Waals surface area (Å²) in [4.78, 5) is 10.5. The number of aliphatic carboxylic acids is 1. The zero-order valence-corrected chi connectivity index (χ0v) is 8.51. The highest BCUT2D eigenvalue weighted by atomic mass is 16.4. The van der Waals surface area contributed by atoms with E-state index in [1.54, 1.807) is 6.92 Å². The van der Waals surface area contributed by atoms with Gasteiger partial charge in [0.25, 0.3) is 0 Å². The van der Waals surface area contributed by atoms with Crippen molar-refractivity contribution in [1.82, 2.24) is 5.32 Å². The Hall–Kier alpha value is -0.570. The second kappa shape index (κ2) is 3.90. The molecule has 2 atom stereocenters. The number of hydrogen-bond acceptors (Lipinski definition) is 2. The van der Waals surface area contributed by atoms with E-state index >= 15 is 0 Å². The number of carboxylic acid groups (broad SMARTS) is 1. The van der Waals surface area contributed by atoms with Crippen molar-refractivity contribution in [2.75, 3.05) is 0 Å². The fraction of sp³-hybridized carbons (Fsp3) is 0.889. The van der Waals surface area contributed by atoms with E-state index in [0.29, 0.717) is 0 Å². The number of rotatable bonds is 3. The molecular formula is C9H19NO2. The number of carboxylic acids is 1. The van der Waals surface area contributed by atoms with Crippen LogP contribution in [0.4, 0.5) is 0 Å². The van der Waals surface area contributed by atoms with Gasteiger partial charge in [-0.2, -0.15) is 0 Å². The van der Waals surface area contributed by atoms with Crippen LogP contribution in [0.25, 0.3) is 0 Å². The normalized spacial score (nSPS) is 17.1. The quantitative estimate of drug-likeness (QED) is 0.679. The molecule has 0 bridgehead atoms. The van der Waals surface area contributed by atoms with Crippen LogP contribution in [0.5, 0.6) is 0 Å². The number of hydrogen-bond donors (Lipinski definition) is 2. The van der Waals surface area contributed by atoms with Gasteiger partial charge in [-0.15, -0.1) is 0 Å². The zero-order valence-electron chi connectivity index (χ0n) is 8.51. The average molecular weight is 173 g/mol. The summed E-state index contributed by atoms with van der Waals surface area (Å²) in [5.41, 5.74) is 0.101. The van der Waals surface area contributed by atoms with E-state index in [1.807, 2.05) is 6.92 Å². The molecule has 2 N–H and O–H groups in total. The lowest BCUT2D eigenvalue weighted by Crippen LogP contribution is -2.45. The van der Waals surface area contributed by atoms with Crippen LogP contribution in [0, 0.1) is 5.41 Å². The fourth-order valence-corrected chi connectivity index (χ4v) is 0.696. The van der Waals surface area contributed by atoms with Crippen LogP contribution in [-0.2, 0) is 4.79 Å². The Morgan fingerprint density at radius 3 is 2.00 bits per heavy atom. The molecule has 0 fully saturated rings. The van der Waals surface area contributed by atoms with Crippen LogP contribution in [-0.4, -0.2) is 23.2 Å². The molecule has 0 aromatic rings. The van der Waals surface area contributed by atoms with Crippen LogP contribution in [0.1, 0.15) is 34.6 Å². The van der Waals surface area contributed by atoms with Crippen molar-refractivity contribution in [2.24, 2.45) is 5.41 Å². The predicted molar refractivity (Wildman–Crippen MR) is 49.2 cm³/mol. The maximum atomic E-state index is 10.5. The van der Waals surface area contributed by atoms with Crippen LogP contribution < -0.4 is 5.32 Å². The Balaban J connectivity index is 4.01. The second-order valence-corrected chi connectivity index (χ2v) is 4.31. The molecule has 0 aromatic heterocycles. The van der Waals surface area contributed by atoms with Gasteiger partial charge < -0.3 is 10.4 Å². The summed E-state index contributed by atoms with van der Waals surface area (Å²) in [6.07, 6.45) is 0. The average Bonchev–Trinajstić information content (AvgIpc) is 1.85. The SMILES string of the molecule is C[C@H](N[C@H](C)C(C)(C)C)C(=O)O. The third kappa shape index (κ3) is 3.72. The molecule has 0 unspecified atom stereocenters. The largest absolute Gasteiger partial charge is 0.480 e. The molecule has 12 heavy (non-hydrogen) atoms. The molecule has 0 amide bonds. The maximum absolute atomic E-state index is 10.5. The van der Waals surface area contributed by atoms with Crippen LogP contribution in [0.2, 0.25) is 0 Å². The minimum Gasteiger partial charge on any atom is -0.480 e. The Morgan fingerprint density at radius 1 is 1.33 bits per heavy atom. The van der Waals surface area contributed by atoms with Gasteiger partial charge in [-0.05, 0) is 19.3 Å². The Kier molecular flexibility index (Phi) is 3.71. The topological polar surface area (TPSA) is 49.3 Å². The molecule has 0 aliphatic rings. The molecule has 0 rings (SSSR count). The molecule has 0 saturated carbocycles. The Labute approximate surface area is 74.2 Å². The third-order valence-corrected chi connectivity index (χ3v) is 2.17. The highest BCUT2D eigenvalue weighted by molar-refractivity contribution is 5.72. The van der Waals surface area contributed by atoms with Gasteiger partial charge in [-0.3, -0.25) is 4.79 Å². The van der Waals surface area contributed by atoms with E-state index in [4.69, 9.17) is 5.11 Å². The van der Waals surface area contributed by atoms with Crippen molar-refractivity contribution < 1.29 is 9.90 Å². The van der Waals surface area contributed by atoms with Crippen LogP contribution >= 0.6 is 0 Å².